The van der Waals surface area contributed by atoms with Gasteiger partial charge in [-0.3, -0.25) is 4.90 Å². The van der Waals surface area contributed by atoms with E-state index in [4.69, 9.17) is 5.11 Å². The Hall–Kier alpha value is -1.72. The lowest BCUT2D eigenvalue weighted by Gasteiger charge is -2.15. The summed E-state index contributed by atoms with van der Waals surface area (Å²) < 4.78 is 14.8. The number of aliphatic hydroxyl groups excluding tert-OH is 1. The molecule has 20 heavy (non-hydrogen) atoms. The number of aliphatic hydroxyl groups is 1. The van der Waals surface area contributed by atoms with Gasteiger partial charge in [0.15, 0.2) is 0 Å². The fraction of sp³-hybridized carbons (Fsp3) is 0.400. The highest BCUT2D eigenvalue weighted by Gasteiger charge is 2.14. The van der Waals surface area contributed by atoms with E-state index in [1.54, 1.807) is 12.1 Å². The van der Waals surface area contributed by atoms with E-state index in [-0.39, 0.29) is 12.4 Å². The Labute approximate surface area is 118 Å². The smallest absolute Gasteiger partial charge is 0.123 e. The Morgan fingerprint density at radius 2 is 1.90 bits per heavy atom. The van der Waals surface area contributed by atoms with Crippen molar-refractivity contribution < 1.29 is 9.50 Å². The number of hydrogen-bond acceptors (Lipinski definition) is 3. The molecule has 0 saturated heterocycles. The van der Waals surface area contributed by atoms with Gasteiger partial charge in [0, 0.05) is 24.3 Å². The SMILES string of the molecule is Cc1nn(-c2ccc(F)cc2)c(C)c1CN(C)CCO. The zero-order valence-electron chi connectivity index (χ0n) is 12.1. The van der Waals surface area contributed by atoms with Gasteiger partial charge in [-0.05, 0) is 45.2 Å². The fourth-order valence-electron chi connectivity index (χ4n) is 2.26. The van der Waals surface area contributed by atoms with Crippen molar-refractivity contribution >= 4 is 0 Å². The van der Waals surface area contributed by atoms with E-state index in [0.29, 0.717) is 6.54 Å². The van der Waals surface area contributed by atoms with Gasteiger partial charge < -0.3 is 5.11 Å². The Bertz CT molecular complexity index is 578. The van der Waals surface area contributed by atoms with E-state index in [9.17, 15) is 4.39 Å². The van der Waals surface area contributed by atoms with Crippen LogP contribution in [0.4, 0.5) is 4.39 Å². The molecule has 5 heteroatoms. The van der Waals surface area contributed by atoms with Crippen LogP contribution < -0.4 is 0 Å². The first-order valence-electron chi connectivity index (χ1n) is 6.63. The molecule has 108 valence electrons. The molecule has 0 amide bonds. The molecular weight excluding hydrogens is 257 g/mol. The minimum atomic E-state index is -0.252. The predicted molar refractivity (Wildman–Crippen MR) is 76.4 cm³/mol. The molecule has 2 rings (SSSR count). The van der Waals surface area contributed by atoms with Crippen molar-refractivity contribution in [3.8, 4) is 5.69 Å². The van der Waals surface area contributed by atoms with E-state index >= 15 is 0 Å². The molecule has 0 fully saturated rings. The quantitative estimate of drug-likeness (QED) is 0.909. The summed E-state index contributed by atoms with van der Waals surface area (Å²) >= 11 is 0. The Kier molecular flexibility index (Phi) is 4.52. The third-order valence-corrected chi connectivity index (χ3v) is 3.42. The van der Waals surface area contributed by atoms with Crippen molar-refractivity contribution in [3.05, 3.63) is 47.0 Å². The fourth-order valence-corrected chi connectivity index (χ4v) is 2.26. The molecule has 0 aliphatic rings. The highest BCUT2D eigenvalue weighted by molar-refractivity contribution is 5.37. The third-order valence-electron chi connectivity index (χ3n) is 3.42. The molecule has 1 N–H and O–H groups in total. The standard InChI is InChI=1S/C15H20FN3O/c1-11-15(10-18(3)8-9-20)12(2)19(17-11)14-6-4-13(16)5-7-14/h4-7,20H,8-10H2,1-3H3. The zero-order chi connectivity index (χ0) is 14.7. The zero-order valence-corrected chi connectivity index (χ0v) is 12.1. The molecule has 0 aliphatic heterocycles. The Morgan fingerprint density at radius 1 is 1.25 bits per heavy atom. The summed E-state index contributed by atoms with van der Waals surface area (Å²) in [6.45, 7) is 5.47. The number of likely N-dealkylation sites (N-methyl/N-ethyl adjacent to an activating group) is 1. The maximum Gasteiger partial charge on any atom is 0.123 e. The van der Waals surface area contributed by atoms with Gasteiger partial charge in [-0.25, -0.2) is 9.07 Å². The first-order chi connectivity index (χ1) is 9.52. The van der Waals surface area contributed by atoms with Gasteiger partial charge in [0.2, 0.25) is 0 Å². The second-order valence-electron chi connectivity index (χ2n) is 5.00. The number of rotatable bonds is 5. The normalized spacial score (nSPS) is 11.3. The average Bonchev–Trinajstić information content (AvgIpc) is 2.68. The molecule has 0 aliphatic carbocycles. The summed E-state index contributed by atoms with van der Waals surface area (Å²) in [6.07, 6.45) is 0. The monoisotopic (exact) mass is 277 g/mol. The van der Waals surface area contributed by atoms with E-state index in [1.165, 1.54) is 12.1 Å². The van der Waals surface area contributed by atoms with E-state index in [1.807, 2.05) is 30.5 Å². The summed E-state index contributed by atoms with van der Waals surface area (Å²) in [5, 5.41) is 13.5. The van der Waals surface area contributed by atoms with Gasteiger partial charge in [-0.2, -0.15) is 5.10 Å². The molecule has 0 radical (unpaired) electrons. The van der Waals surface area contributed by atoms with Crippen LogP contribution in [0.2, 0.25) is 0 Å². The predicted octanol–water partition coefficient (Wildman–Crippen LogP) is 2.05. The molecule has 1 aromatic carbocycles. The van der Waals surface area contributed by atoms with Gasteiger partial charge in [-0.15, -0.1) is 0 Å². The lowest BCUT2D eigenvalue weighted by molar-refractivity contribution is 0.217. The van der Waals surface area contributed by atoms with Gasteiger partial charge >= 0.3 is 0 Å². The average molecular weight is 277 g/mol. The topological polar surface area (TPSA) is 41.3 Å². The summed E-state index contributed by atoms with van der Waals surface area (Å²) in [5.74, 6) is -0.252. The second-order valence-corrected chi connectivity index (χ2v) is 5.00. The largest absolute Gasteiger partial charge is 0.395 e. The van der Waals surface area contributed by atoms with Crippen LogP contribution in [-0.2, 0) is 6.54 Å². The summed E-state index contributed by atoms with van der Waals surface area (Å²) in [5.41, 5.74) is 3.99. The van der Waals surface area contributed by atoms with Crippen LogP contribution in [0.5, 0.6) is 0 Å². The van der Waals surface area contributed by atoms with Crippen LogP contribution in [0.25, 0.3) is 5.69 Å². The number of benzene rings is 1. The minimum Gasteiger partial charge on any atom is -0.395 e. The van der Waals surface area contributed by atoms with Crippen LogP contribution in [0.3, 0.4) is 0 Å². The Balaban J connectivity index is 2.31. The molecule has 1 heterocycles. The van der Waals surface area contributed by atoms with Gasteiger partial charge in [0.05, 0.1) is 18.0 Å². The summed E-state index contributed by atoms with van der Waals surface area (Å²) in [4.78, 5) is 2.05. The lowest BCUT2D eigenvalue weighted by atomic mass is 10.2. The molecule has 1 aromatic heterocycles. The maximum atomic E-state index is 13.0. The molecular formula is C15H20FN3O. The van der Waals surface area contributed by atoms with Crippen molar-refractivity contribution in [1.29, 1.82) is 0 Å². The molecule has 0 unspecified atom stereocenters. The van der Waals surface area contributed by atoms with Crippen LogP contribution >= 0.6 is 0 Å². The van der Waals surface area contributed by atoms with Crippen molar-refractivity contribution in [2.75, 3.05) is 20.2 Å². The first kappa shape index (κ1) is 14.7. The molecule has 0 spiro atoms. The number of halogens is 1. The van der Waals surface area contributed by atoms with E-state index in [0.717, 1.165) is 29.2 Å². The van der Waals surface area contributed by atoms with Crippen molar-refractivity contribution in [2.24, 2.45) is 0 Å². The van der Waals surface area contributed by atoms with Crippen molar-refractivity contribution in [3.63, 3.8) is 0 Å². The van der Waals surface area contributed by atoms with Gasteiger partial charge in [-0.1, -0.05) is 0 Å². The molecule has 4 nitrogen and oxygen atoms in total. The van der Waals surface area contributed by atoms with E-state index < -0.39 is 0 Å². The van der Waals surface area contributed by atoms with E-state index in [2.05, 4.69) is 5.10 Å². The maximum absolute atomic E-state index is 13.0. The van der Waals surface area contributed by atoms with Gasteiger partial charge in [0.25, 0.3) is 0 Å². The molecule has 0 saturated carbocycles. The van der Waals surface area contributed by atoms with Crippen LogP contribution in [-0.4, -0.2) is 40.0 Å². The van der Waals surface area contributed by atoms with Crippen LogP contribution in [0, 0.1) is 19.7 Å². The first-order valence-corrected chi connectivity index (χ1v) is 6.63. The minimum absolute atomic E-state index is 0.140. The van der Waals surface area contributed by atoms with Gasteiger partial charge in [0.1, 0.15) is 5.82 Å². The molecule has 2 aromatic rings. The number of hydrogen-bond donors (Lipinski definition) is 1. The second kappa shape index (κ2) is 6.15. The third kappa shape index (κ3) is 3.05. The summed E-state index contributed by atoms with van der Waals surface area (Å²) in [7, 11) is 1.96. The highest BCUT2D eigenvalue weighted by Crippen LogP contribution is 2.19. The molecule has 0 atom stereocenters. The lowest BCUT2D eigenvalue weighted by Crippen LogP contribution is -2.22. The highest BCUT2D eigenvalue weighted by atomic mass is 19.1. The van der Waals surface area contributed by atoms with Crippen molar-refractivity contribution in [1.82, 2.24) is 14.7 Å². The van der Waals surface area contributed by atoms with Crippen LogP contribution in [0.1, 0.15) is 17.0 Å². The molecule has 0 bridgehead atoms. The number of aromatic nitrogens is 2. The Morgan fingerprint density at radius 3 is 2.50 bits per heavy atom. The summed E-state index contributed by atoms with van der Waals surface area (Å²) in [6, 6.07) is 6.30. The number of aryl methyl sites for hydroxylation is 1. The number of nitrogens with zero attached hydrogens (tertiary/aromatic N) is 3. The van der Waals surface area contributed by atoms with Crippen LogP contribution in [0.15, 0.2) is 24.3 Å². The van der Waals surface area contributed by atoms with Crippen molar-refractivity contribution in [2.45, 2.75) is 20.4 Å².